The molecule has 4 heteroatoms. The Morgan fingerprint density at radius 2 is 1.74 bits per heavy atom. The fourth-order valence-corrected chi connectivity index (χ4v) is 1.32. The van der Waals surface area contributed by atoms with Gasteiger partial charge in [0.25, 0.3) is 0 Å². The van der Waals surface area contributed by atoms with Crippen molar-refractivity contribution in [1.82, 2.24) is 5.32 Å². The number of carbonyl (C=O) groups is 2. The number of rotatable bonds is 5. The minimum Gasteiger partial charge on any atom is -0.458 e. The van der Waals surface area contributed by atoms with Crippen molar-refractivity contribution in [2.24, 2.45) is 5.92 Å². The molecule has 108 valence electrons. The summed E-state index contributed by atoms with van der Waals surface area (Å²) in [5, 5.41) is 2.66. The molecule has 1 amide bonds. The topological polar surface area (TPSA) is 55.4 Å². The van der Waals surface area contributed by atoms with Crippen LogP contribution in [0.5, 0.6) is 0 Å². The predicted octanol–water partition coefficient (Wildman–Crippen LogP) is 2.60. The van der Waals surface area contributed by atoms with Crippen LogP contribution in [0.15, 0.2) is 24.3 Å². The average Bonchev–Trinajstić information content (AvgIpc) is 2.23. The van der Waals surface area contributed by atoms with Gasteiger partial charge in [0.05, 0.1) is 0 Å². The Bertz CT molecular complexity index is 362. The van der Waals surface area contributed by atoms with Crippen molar-refractivity contribution in [3.05, 3.63) is 24.3 Å². The molecule has 4 nitrogen and oxygen atoms in total. The van der Waals surface area contributed by atoms with E-state index in [-0.39, 0.29) is 11.8 Å². The fraction of sp³-hybridized carbons (Fsp3) is 0.600. The van der Waals surface area contributed by atoms with Crippen LogP contribution in [-0.4, -0.2) is 23.5 Å². The lowest BCUT2D eigenvalue weighted by Crippen LogP contribution is -2.46. The third-order valence-corrected chi connectivity index (χ3v) is 2.18. The highest BCUT2D eigenvalue weighted by atomic mass is 16.6. The highest BCUT2D eigenvalue weighted by Gasteiger charge is 2.28. The van der Waals surface area contributed by atoms with Crippen LogP contribution in [-0.2, 0) is 14.3 Å². The highest BCUT2D eigenvalue weighted by Crippen LogP contribution is 2.12. The van der Waals surface area contributed by atoms with Crippen molar-refractivity contribution in [2.45, 2.75) is 53.2 Å². The standard InChI is InChI=1S/C15H25NO3/c1-7-8-9-10-12(17)16-13(11(2)3)14(18)19-15(4,5)6/h7-11,13H,1-6H3,(H,16,17)/b8-7+,10-9?/t13-/m0/s1. The molecule has 0 heterocycles. The van der Waals surface area contributed by atoms with Gasteiger partial charge in [0, 0.05) is 6.08 Å². The molecule has 0 fully saturated rings. The molecule has 1 atom stereocenters. The summed E-state index contributed by atoms with van der Waals surface area (Å²) in [5.41, 5.74) is -0.560. The first-order valence-electron chi connectivity index (χ1n) is 6.50. The summed E-state index contributed by atoms with van der Waals surface area (Å²) in [7, 11) is 0. The smallest absolute Gasteiger partial charge is 0.329 e. The normalized spacial score (nSPS) is 14.1. The van der Waals surface area contributed by atoms with Gasteiger partial charge < -0.3 is 10.1 Å². The van der Waals surface area contributed by atoms with E-state index in [1.54, 1.807) is 32.9 Å². The lowest BCUT2D eigenvalue weighted by atomic mass is 10.0. The van der Waals surface area contributed by atoms with E-state index in [0.29, 0.717) is 0 Å². The van der Waals surface area contributed by atoms with Crippen LogP contribution >= 0.6 is 0 Å². The SMILES string of the molecule is C/C=C/C=CC(=O)N[C@H](C(=O)OC(C)(C)C)C(C)C. The zero-order valence-corrected chi connectivity index (χ0v) is 12.7. The predicted molar refractivity (Wildman–Crippen MR) is 76.6 cm³/mol. The van der Waals surface area contributed by atoms with Gasteiger partial charge in [-0.1, -0.05) is 32.1 Å². The van der Waals surface area contributed by atoms with Gasteiger partial charge in [-0.15, -0.1) is 0 Å². The molecule has 0 saturated carbocycles. The molecular formula is C15H25NO3. The van der Waals surface area contributed by atoms with Gasteiger partial charge in [0.15, 0.2) is 0 Å². The van der Waals surface area contributed by atoms with Crippen molar-refractivity contribution in [1.29, 1.82) is 0 Å². The van der Waals surface area contributed by atoms with Crippen LogP contribution in [0, 0.1) is 5.92 Å². The van der Waals surface area contributed by atoms with Crippen LogP contribution in [0.25, 0.3) is 0 Å². The Balaban J connectivity index is 4.66. The molecule has 0 radical (unpaired) electrons. The molecule has 0 aliphatic heterocycles. The molecule has 0 aromatic carbocycles. The summed E-state index contributed by atoms with van der Waals surface area (Å²) >= 11 is 0. The molecule has 1 N–H and O–H groups in total. The van der Waals surface area contributed by atoms with Gasteiger partial charge in [-0.2, -0.15) is 0 Å². The Kier molecular flexibility index (Phi) is 7.12. The molecule has 0 aromatic rings. The van der Waals surface area contributed by atoms with E-state index >= 15 is 0 Å². The molecule has 19 heavy (non-hydrogen) atoms. The molecule has 0 bridgehead atoms. The van der Waals surface area contributed by atoms with Crippen molar-refractivity contribution in [3.8, 4) is 0 Å². The van der Waals surface area contributed by atoms with Crippen molar-refractivity contribution in [3.63, 3.8) is 0 Å². The van der Waals surface area contributed by atoms with E-state index in [1.807, 2.05) is 26.8 Å². The molecule has 0 aromatic heterocycles. The van der Waals surface area contributed by atoms with E-state index in [1.165, 1.54) is 6.08 Å². The molecule has 0 rings (SSSR count). The maximum Gasteiger partial charge on any atom is 0.329 e. The van der Waals surface area contributed by atoms with Crippen LogP contribution in [0.1, 0.15) is 41.5 Å². The summed E-state index contributed by atoms with van der Waals surface area (Å²) in [6.07, 6.45) is 6.58. The second kappa shape index (κ2) is 7.77. The van der Waals surface area contributed by atoms with E-state index in [2.05, 4.69) is 5.32 Å². The third-order valence-electron chi connectivity index (χ3n) is 2.18. The summed E-state index contributed by atoms with van der Waals surface area (Å²) in [6.45, 7) is 11.0. The average molecular weight is 267 g/mol. The van der Waals surface area contributed by atoms with Gasteiger partial charge >= 0.3 is 5.97 Å². The number of esters is 1. The number of nitrogens with one attached hydrogen (secondary N) is 1. The Morgan fingerprint density at radius 1 is 1.16 bits per heavy atom. The minimum absolute atomic E-state index is 0.0334. The Hall–Kier alpha value is -1.58. The van der Waals surface area contributed by atoms with Crippen molar-refractivity contribution >= 4 is 11.9 Å². The Labute approximate surface area is 115 Å². The first-order valence-corrected chi connectivity index (χ1v) is 6.50. The first-order chi connectivity index (χ1) is 8.67. The number of hydrogen-bond acceptors (Lipinski definition) is 3. The molecule has 0 spiro atoms. The number of allylic oxidation sites excluding steroid dienone is 3. The third kappa shape index (κ3) is 8.19. The zero-order valence-electron chi connectivity index (χ0n) is 12.7. The molecule has 0 aliphatic rings. The van der Waals surface area contributed by atoms with Gasteiger partial charge in [-0.05, 0) is 33.6 Å². The van der Waals surface area contributed by atoms with E-state index in [4.69, 9.17) is 4.74 Å². The fourth-order valence-electron chi connectivity index (χ4n) is 1.32. The van der Waals surface area contributed by atoms with Crippen LogP contribution in [0.2, 0.25) is 0 Å². The monoisotopic (exact) mass is 267 g/mol. The number of amides is 1. The molecule has 0 saturated heterocycles. The van der Waals surface area contributed by atoms with Crippen LogP contribution < -0.4 is 5.32 Å². The van der Waals surface area contributed by atoms with Gasteiger partial charge in [-0.3, -0.25) is 4.79 Å². The summed E-state index contributed by atoms with van der Waals surface area (Å²) in [5.74, 6) is -0.744. The summed E-state index contributed by atoms with van der Waals surface area (Å²) in [4.78, 5) is 23.7. The van der Waals surface area contributed by atoms with E-state index < -0.39 is 17.6 Å². The van der Waals surface area contributed by atoms with Crippen molar-refractivity contribution < 1.29 is 14.3 Å². The lowest BCUT2D eigenvalue weighted by Gasteiger charge is -2.26. The number of carbonyl (C=O) groups excluding carboxylic acids is 2. The highest BCUT2D eigenvalue weighted by molar-refractivity contribution is 5.91. The van der Waals surface area contributed by atoms with Crippen LogP contribution in [0.3, 0.4) is 0 Å². The molecule has 0 aliphatic carbocycles. The number of ether oxygens (including phenoxy) is 1. The van der Waals surface area contributed by atoms with E-state index in [9.17, 15) is 9.59 Å². The second-order valence-corrected chi connectivity index (χ2v) is 5.65. The van der Waals surface area contributed by atoms with Gasteiger partial charge in [-0.25, -0.2) is 4.79 Å². The first kappa shape index (κ1) is 17.4. The van der Waals surface area contributed by atoms with Gasteiger partial charge in [0.1, 0.15) is 11.6 Å². The minimum atomic E-state index is -0.637. The van der Waals surface area contributed by atoms with Crippen molar-refractivity contribution in [2.75, 3.05) is 0 Å². The quantitative estimate of drug-likeness (QED) is 0.473. The maximum absolute atomic E-state index is 12.0. The van der Waals surface area contributed by atoms with E-state index in [0.717, 1.165) is 0 Å². The number of hydrogen-bond donors (Lipinski definition) is 1. The second-order valence-electron chi connectivity index (χ2n) is 5.65. The lowest BCUT2D eigenvalue weighted by molar-refractivity contribution is -0.159. The van der Waals surface area contributed by atoms with Gasteiger partial charge in [0.2, 0.25) is 5.91 Å². The summed E-state index contributed by atoms with van der Waals surface area (Å²) in [6, 6.07) is -0.637. The molecular weight excluding hydrogens is 242 g/mol. The zero-order chi connectivity index (χ0) is 15.1. The Morgan fingerprint density at radius 3 is 2.16 bits per heavy atom. The maximum atomic E-state index is 12.0. The largest absolute Gasteiger partial charge is 0.458 e. The molecule has 0 unspecified atom stereocenters. The summed E-state index contributed by atoms with van der Waals surface area (Å²) < 4.78 is 5.30. The van der Waals surface area contributed by atoms with Crippen LogP contribution in [0.4, 0.5) is 0 Å².